The van der Waals surface area contributed by atoms with E-state index < -0.39 is 5.43 Å². The number of aromatic hydroxyl groups is 1. The molecule has 4 rings (SSSR count). The Kier molecular flexibility index (Phi) is 5.40. The number of rotatable bonds is 6. The fourth-order valence-corrected chi connectivity index (χ4v) is 3.11. The highest BCUT2D eigenvalue weighted by Crippen LogP contribution is 2.34. The molecule has 0 atom stereocenters. The topological polar surface area (TPSA) is 68.9 Å². The van der Waals surface area contributed by atoms with Crippen LogP contribution in [0.2, 0.25) is 5.02 Å². The molecule has 6 heteroatoms. The molecular formula is C23H17ClO5. The fourth-order valence-electron chi connectivity index (χ4n) is 2.90. The molecule has 4 aromatic rings. The maximum atomic E-state index is 12.5. The maximum Gasteiger partial charge on any atom is 0.289 e. The van der Waals surface area contributed by atoms with Crippen LogP contribution in [0.25, 0.3) is 11.0 Å². The number of phenols is 1. The van der Waals surface area contributed by atoms with E-state index in [9.17, 15) is 9.90 Å². The largest absolute Gasteiger partial charge is 0.504 e. The Morgan fingerprint density at radius 2 is 1.62 bits per heavy atom. The van der Waals surface area contributed by atoms with E-state index in [2.05, 4.69) is 0 Å². The molecule has 0 amide bonds. The Morgan fingerprint density at radius 3 is 2.41 bits per heavy atom. The van der Waals surface area contributed by atoms with Crippen molar-refractivity contribution >= 4 is 22.6 Å². The van der Waals surface area contributed by atoms with Gasteiger partial charge in [0.25, 0.3) is 5.95 Å². The number of ether oxygens (including phenoxy) is 2. The molecule has 0 bridgehead atoms. The fraction of sp³-hybridized carbons (Fsp3) is 0.0870. The van der Waals surface area contributed by atoms with Gasteiger partial charge in [-0.1, -0.05) is 54.1 Å². The molecule has 29 heavy (non-hydrogen) atoms. The quantitative estimate of drug-likeness (QED) is 0.468. The third-order valence-corrected chi connectivity index (χ3v) is 4.55. The van der Waals surface area contributed by atoms with E-state index >= 15 is 0 Å². The summed E-state index contributed by atoms with van der Waals surface area (Å²) >= 11 is 5.97. The number of hydrogen-bond acceptors (Lipinski definition) is 5. The van der Waals surface area contributed by atoms with Crippen LogP contribution in [0.3, 0.4) is 0 Å². The van der Waals surface area contributed by atoms with Gasteiger partial charge in [-0.25, -0.2) is 0 Å². The van der Waals surface area contributed by atoms with Crippen molar-refractivity contribution in [1.29, 1.82) is 0 Å². The van der Waals surface area contributed by atoms with Crippen molar-refractivity contribution in [1.82, 2.24) is 0 Å². The normalized spacial score (nSPS) is 10.8. The van der Waals surface area contributed by atoms with Crippen molar-refractivity contribution < 1.29 is 19.0 Å². The van der Waals surface area contributed by atoms with E-state index in [1.165, 1.54) is 6.07 Å². The summed E-state index contributed by atoms with van der Waals surface area (Å²) in [6, 6.07) is 21.1. The minimum atomic E-state index is -0.417. The van der Waals surface area contributed by atoms with Gasteiger partial charge >= 0.3 is 0 Å². The average Bonchev–Trinajstić information content (AvgIpc) is 2.72. The zero-order valence-electron chi connectivity index (χ0n) is 15.3. The molecule has 5 nitrogen and oxygen atoms in total. The van der Waals surface area contributed by atoms with Crippen LogP contribution in [0.15, 0.2) is 82.0 Å². The Hall–Kier alpha value is -3.44. The van der Waals surface area contributed by atoms with E-state index in [-0.39, 0.29) is 41.6 Å². The first-order valence-corrected chi connectivity index (χ1v) is 9.32. The summed E-state index contributed by atoms with van der Waals surface area (Å²) in [4.78, 5) is 12.5. The monoisotopic (exact) mass is 408 g/mol. The Labute approximate surface area is 171 Å². The summed E-state index contributed by atoms with van der Waals surface area (Å²) in [6.45, 7) is 0.464. The molecule has 0 radical (unpaired) electrons. The van der Waals surface area contributed by atoms with Crippen molar-refractivity contribution in [3.8, 4) is 17.4 Å². The van der Waals surface area contributed by atoms with Gasteiger partial charge in [0.2, 0.25) is 5.43 Å². The standard InChI is InChI=1S/C23H17ClO5/c24-17-8-4-7-16(11-17)14-27-20-10-9-19-22(23(20)26)18(25)12-21(29-19)28-13-15-5-2-1-3-6-15/h1-12,26H,13-14H2. The van der Waals surface area contributed by atoms with E-state index in [0.29, 0.717) is 5.02 Å². The summed E-state index contributed by atoms with van der Waals surface area (Å²) in [5.41, 5.74) is 1.59. The molecule has 0 fully saturated rings. The molecule has 146 valence electrons. The third-order valence-electron chi connectivity index (χ3n) is 4.32. The summed E-state index contributed by atoms with van der Waals surface area (Å²) in [7, 11) is 0. The predicted octanol–water partition coefficient (Wildman–Crippen LogP) is 5.31. The van der Waals surface area contributed by atoms with Crippen LogP contribution < -0.4 is 14.9 Å². The molecule has 0 spiro atoms. The first kappa shape index (κ1) is 18.9. The molecule has 0 unspecified atom stereocenters. The molecule has 1 aromatic heterocycles. The highest BCUT2D eigenvalue weighted by atomic mass is 35.5. The molecule has 0 saturated heterocycles. The van der Waals surface area contributed by atoms with Gasteiger partial charge in [-0.05, 0) is 35.4 Å². The zero-order chi connectivity index (χ0) is 20.2. The number of benzene rings is 3. The minimum Gasteiger partial charge on any atom is -0.504 e. The molecule has 0 aliphatic heterocycles. The average molecular weight is 409 g/mol. The van der Waals surface area contributed by atoms with Crippen LogP contribution in [0.4, 0.5) is 0 Å². The molecule has 0 saturated carbocycles. The number of fused-ring (bicyclic) bond motifs is 1. The Bertz CT molecular complexity index is 1200. The van der Waals surface area contributed by atoms with Gasteiger partial charge in [-0.15, -0.1) is 0 Å². The Balaban J connectivity index is 1.56. The lowest BCUT2D eigenvalue weighted by atomic mass is 10.2. The number of halogens is 1. The van der Waals surface area contributed by atoms with E-state index in [0.717, 1.165) is 11.1 Å². The molecule has 0 aliphatic carbocycles. The van der Waals surface area contributed by atoms with Crippen molar-refractivity contribution in [2.75, 3.05) is 0 Å². The second-order valence-corrected chi connectivity index (χ2v) is 6.84. The summed E-state index contributed by atoms with van der Waals surface area (Å²) < 4.78 is 16.9. The third kappa shape index (κ3) is 4.36. The van der Waals surface area contributed by atoms with E-state index in [1.807, 2.05) is 42.5 Å². The van der Waals surface area contributed by atoms with E-state index in [4.69, 9.17) is 25.5 Å². The van der Waals surface area contributed by atoms with E-state index in [1.54, 1.807) is 24.3 Å². The van der Waals surface area contributed by atoms with Crippen LogP contribution in [0.1, 0.15) is 11.1 Å². The van der Waals surface area contributed by atoms with Crippen molar-refractivity contribution in [3.63, 3.8) is 0 Å². The van der Waals surface area contributed by atoms with Gasteiger partial charge in [0.15, 0.2) is 11.5 Å². The van der Waals surface area contributed by atoms with Crippen LogP contribution in [0, 0.1) is 0 Å². The first-order chi connectivity index (χ1) is 14.1. The molecule has 0 aliphatic rings. The maximum absolute atomic E-state index is 12.5. The van der Waals surface area contributed by atoms with Crippen LogP contribution >= 0.6 is 11.6 Å². The van der Waals surface area contributed by atoms with Crippen LogP contribution in [0.5, 0.6) is 17.4 Å². The smallest absolute Gasteiger partial charge is 0.289 e. The first-order valence-electron chi connectivity index (χ1n) is 8.94. The van der Waals surface area contributed by atoms with Gasteiger partial charge < -0.3 is 19.0 Å². The lowest BCUT2D eigenvalue weighted by Gasteiger charge is -2.11. The van der Waals surface area contributed by atoms with Crippen molar-refractivity contribution in [2.45, 2.75) is 13.2 Å². The summed E-state index contributed by atoms with van der Waals surface area (Å²) in [6.07, 6.45) is 0. The van der Waals surface area contributed by atoms with Crippen LogP contribution in [-0.4, -0.2) is 5.11 Å². The van der Waals surface area contributed by atoms with Crippen molar-refractivity contribution in [2.24, 2.45) is 0 Å². The van der Waals surface area contributed by atoms with Gasteiger partial charge in [0.05, 0.1) is 6.07 Å². The highest BCUT2D eigenvalue weighted by molar-refractivity contribution is 6.30. The second-order valence-electron chi connectivity index (χ2n) is 6.41. The van der Waals surface area contributed by atoms with Gasteiger partial charge in [-0.2, -0.15) is 0 Å². The molecule has 1 N–H and O–H groups in total. The molecule has 1 heterocycles. The zero-order valence-corrected chi connectivity index (χ0v) is 16.1. The number of hydrogen-bond donors (Lipinski definition) is 1. The lowest BCUT2D eigenvalue weighted by Crippen LogP contribution is -2.04. The SMILES string of the molecule is O=c1cc(OCc2ccccc2)oc2ccc(OCc3cccc(Cl)c3)c(O)c12. The number of phenolic OH excluding ortho intramolecular Hbond substituents is 1. The Morgan fingerprint density at radius 1 is 0.862 bits per heavy atom. The van der Waals surface area contributed by atoms with Gasteiger partial charge in [-0.3, -0.25) is 4.79 Å². The molecular weight excluding hydrogens is 392 g/mol. The van der Waals surface area contributed by atoms with Crippen LogP contribution in [-0.2, 0) is 13.2 Å². The second kappa shape index (κ2) is 8.29. The summed E-state index contributed by atoms with van der Waals surface area (Å²) in [5, 5.41) is 11.1. The molecule has 3 aromatic carbocycles. The predicted molar refractivity (Wildman–Crippen MR) is 111 cm³/mol. The summed E-state index contributed by atoms with van der Waals surface area (Å²) in [5.74, 6) is -0.00559. The minimum absolute atomic E-state index is 0.0423. The lowest BCUT2D eigenvalue weighted by molar-refractivity contribution is 0.235. The van der Waals surface area contributed by atoms with Gasteiger partial charge in [0, 0.05) is 5.02 Å². The highest BCUT2D eigenvalue weighted by Gasteiger charge is 2.15. The van der Waals surface area contributed by atoms with Gasteiger partial charge in [0.1, 0.15) is 24.2 Å². The van der Waals surface area contributed by atoms with Crippen molar-refractivity contribution in [3.05, 3.63) is 99.2 Å².